The largest absolute Gasteiger partial charge is 0.495 e. The van der Waals surface area contributed by atoms with Crippen molar-refractivity contribution in [1.82, 2.24) is 14.8 Å². The summed E-state index contributed by atoms with van der Waals surface area (Å²) in [5, 5.41) is 15.3. The minimum absolute atomic E-state index is 0.155. The molecule has 1 atom stereocenters. The van der Waals surface area contributed by atoms with Crippen LogP contribution in [0.15, 0.2) is 28.7 Å². The van der Waals surface area contributed by atoms with Gasteiger partial charge in [0, 0.05) is 26.9 Å². The number of hydrogen-bond donors (Lipinski definition) is 1. The van der Waals surface area contributed by atoms with E-state index in [9.17, 15) is 4.79 Å². The first-order valence-electron chi connectivity index (χ1n) is 10.7. The average molecular weight is 491 g/mol. The van der Waals surface area contributed by atoms with Crippen LogP contribution < -0.4 is 10.1 Å². The number of fused-ring (bicyclic) bond motifs is 1. The molecule has 0 spiro atoms. The molecule has 4 rings (SSSR count). The van der Waals surface area contributed by atoms with Crippen molar-refractivity contribution in [3.05, 3.63) is 39.0 Å². The Labute approximate surface area is 201 Å². The Balaban J connectivity index is 1.52. The maximum absolute atomic E-state index is 12.6. The van der Waals surface area contributed by atoms with E-state index in [0.29, 0.717) is 16.5 Å². The van der Waals surface area contributed by atoms with Crippen LogP contribution >= 0.6 is 34.7 Å². The smallest absolute Gasteiger partial charge is 0.234 e. The third-order valence-corrected chi connectivity index (χ3v) is 7.82. The number of carbonyl (C=O) groups is 1. The SMILES string of the molecule is COc1ccc(Cl)cc1NC(=O)CSc1nnc(-c2csc3c2CCC(C)C3)n1C(C)C. The number of rotatable bonds is 7. The van der Waals surface area contributed by atoms with E-state index in [1.165, 1.54) is 34.2 Å². The van der Waals surface area contributed by atoms with Gasteiger partial charge in [0.15, 0.2) is 11.0 Å². The van der Waals surface area contributed by atoms with Crippen molar-refractivity contribution in [3.8, 4) is 17.1 Å². The van der Waals surface area contributed by atoms with Crippen molar-refractivity contribution >= 4 is 46.3 Å². The zero-order valence-electron chi connectivity index (χ0n) is 18.6. The van der Waals surface area contributed by atoms with Crippen molar-refractivity contribution in [3.63, 3.8) is 0 Å². The molecule has 170 valence electrons. The maximum atomic E-state index is 12.6. The van der Waals surface area contributed by atoms with E-state index in [-0.39, 0.29) is 17.7 Å². The predicted molar refractivity (Wildman–Crippen MR) is 132 cm³/mol. The Hall–Kier alpha value is -2.03. The molecule has 3 aromatic rings. The first-order chi connectivity index (χ1) is 15.4. The van der Waals surface area contributed by atoms with Gasteiger partial charge in [0.2, 0.25) is 5.91 Å². The molecule has 1 unspecified atom stereocenters. The molecule has 6 nitrogen and oxygen atoms in total. The van der Waals surface area contributed by atoms with Crippen LogP contribution in [-0.2, 0) is 17.6 Å². The van der Waals surface area contributed by atoms with Crippen LogP contribution in [0.5, 0.6) is 5.75 Å². The molecule has 32 heavy (non-hydrogen) atoms. The first kappa shape index (κ1) is 23.1. The molecule has 1 aromatic carbocycles. The molecule has 2 heterocycles. The number of carbonyl (C=O) groups excluding carboxylic acids is 1. The highest BCUT2D eigenvalue weighted by Crippen LogP contribution is 2.39. The highest BCUT2D eigenvalue weighted by molar-refractivity contribution is 7.99. The van der Waals surface area contributed by atoms with Gasteiger partial charge < -0.3 is 10.1 Å². The van der Waals surface area contributed by atoms with Gasteiger partial charge in [-0.3, -0.25) is 9.36 Å². The second-order valence-electron chi connectivity index (χ2n) is 8.35. The van der Waals surface area contributed by atoms with Gasteiger partial charge in [-0.25, -0.2) is 0 Å². The highest BCUT2D eigenvalue weighted by Gasteiger charge is 2.25. The monoisotopic (exact) mass is 490 g/mol. The number of thioether (sulfide) groups is 1. The minimum Gasteiger partial charge on any atom is -0.495 e. The molecule has 0 saturated carbocycles. The molecule has 1 amide bonds. The Kier molecular flexibility index (Phi) is 7.12. The molecule has 1 aliphatic carbocycles. The minimum atomic E-state index is -0.155. The van der Waals surface area contributed by atoms with Crippen molar-refractivity contribution in [2.24, 2.45) is 5.92 Å². The summed E-state index contributed by atoms with van der Waals surface area (Å²) in [4.78, 5) is 14.1. The van der Waals surface area contributed by atoms with E-state index in [1.54, 1.807) is 25.3 Å². The number of aromatic nitrogens is 3. The van der Waals surface area contributed by atoms with Gasteiger partial charge in [0.05, 0.1) is 18.6 Å². The molecule has 9 heteroatoms. The highest BCUT2D eigenvalue weighted by atomic mass is 35.5. The molecule has 0 saturated heterocycles. The van der Waals surface area contributed by atoms with Crippen LogP contribution in [-0.4, -0.2) is 33.5 Å². The second-order valence-corrected chi connectivity index (χ2v) is 10.7. The van der Waals surface area contributed by atoms with Gasteiger partial charge >= 0.3 is 0 Å². The zero-order chi connectivity index (χ0) is 22.8. The summed E-state index contributed by atoms with van der Waals surface area (Å²) in [6.45, 7) is 6.56. The fourth-order valence-electron chi connectivity index (χ4n) is 3.98. The Morgan fingerprint density at radius 1 is 1.41 bits per heavy atom. The predicted octanol–water partition coefficient (Wildman–Crippen LogP) is 6.11. The normalized spacial score (nSPS) is 15.6. The van der Waals surface area contributed by atoms with Crippen LogP contribution in [0.2, 0.25) is 5.02 Å². The summed E-state index contributed by atoms with van der Waals surface area (Å²) in [6, 6.07) is 5.31. The summed E-state index contributed by atoms with van der Waals surface area (Å²) in [5.41, 5.74) is 3.17. The quantitative estimate of drug-likeness (QED) is 0.405. The molecular weight excluding hydrogens is 464 g/mol. The van der Waals surface area contributed by atoms with Crippen LogP contribution in [0, 0.1) is 5.92 Å². The number of amides is 1. The van der Waals surface area contributed by atoms with Crippen molar-refractivity contribution in [2.75, 3.05) is 18.2 Å². The number of ether oxygens (including phenoxy) is 1. The van der Waals surface area contributed by atoms with Gasteiger partial charge in [0.25, 0.3) is 0 Å². The summed E-state index contributed by atoms with van der Waals surface area (Å²) in [5.74, 6) is 2.25. The van der Waals surface area contributed by atoms with E-state index >= 15 is 0 Å². The summed E-state index contributed by atoms with van der Waals surface area (Å²) >= 11 is 9.28. The molecular formula is C23H27ClN4O2S2. The van der Waals surface area contributed by atoms with Gasteiger partial charge in [0.1, 0.15) is 5.75 Å². The van der Waals surface area contributed by atoms with E-state index in [2.05, 4.69) is 46.2 Å². The third kappa shape index (κ3) is 4.82. The molecule has 2 aromatic heterocycles. The van der Waals surface area contributed by atoms with E-state index in [1.807, 2.05) is 11.3 Å². The standard InChI is InChI=1S/C23H27ClN4O2S2/c1-13(2)28-22(17-11-31-20-9-14(3)5-7-16(17)20)26-27-23(28)32-12-21(29)25-18-10-15(24)6-8-19(18)30-4/h6,8,10-11,13-14H,5,7,9,12H2,1-4H3,(H,25,29). The van der Waals surface area contributed by atoms with Crippen molar-refractivity contribution in [2.45, 2.75) is 51.2 Å². The number of benzene rings is 1. The lowest BCUT2D eigenvalue weighted by Crippen LogP contribution is -2.15. The number of nitrogens with one attached hydrogen (secondary N) is 1. The van der Waals surface area contributed by atoms with Crippen molar-refractivity contribution < 1.29 is 9.53 Å². The molecule has 0 fully saturated rings. The zero-order valence-corrected chi connectivity index (χ0v) is 21.0. The number of halogens is 1. The molecule has 0 aliphatic heterocycles. The maximum Gasteiger partial charge on any atom is 0.234 e. The number of anilines is 1. The Morgan fingerprint density at radius 2 is 2.22 bits per heavy atom. The molecule has 1 aliphatic rings. The molecule has 0 radical (unpaired) electrons. The van der Waals surface area contributed by atoms with Crippen LogP contribution in [0.3, 0.4) is 0 Å². The third-order valence-electron chi connectivity index (χ3n) is 5.59. The first-order valence-corrected chi connectivity index (χ1v) is 12.9. The number of thiophene rings is 1. The molecule has 1 N–H and O–H groups in total. The van der Waals surface area contributed by atoms with Gasteiger partial charge in [-0.2, -0.15) is 0 Å². The summed E-state index contributed by atoms with van der Waals surface area (Å²) in [7, 11) is 1.56. The lowest BCUT2D eigenvalue weighted by atomic mass is 9.88. The summed E-state index contributed by atoms with van der Waals surface area (Å²) in [6.07, 6.45) is 3.44. The summed E-state index contributed by atoms with van der Waals surface area (Å²) < 4.78 is 7.44. The Bertz CT molecular complexity index is 1130. The molecule has 0 bridgehead atoms. The Morgan fingerprint density at radius 3 is 2.97 bits per heavy atom. The van der Waals surface area contributed by atoms with Gasteiger partial charge in [-0.1, -0.05) is 30.3 Å². The lowest BCUT2D eigenvalue weighted by molar-refractivity contribution is -0.113. The van der Waals surface area contributed by atoms with Crippen LogP contribution in [0.4, 0.5) is 5.69 Å². The van der Waals surface area contributed by atoms with Crippen LogP contribution in [0.25, 0.3) is 11.4 Å². The number of nitrogens with zero attached hydrogens (tertiary/aromatic N) is 3. The van der Waals surface area contributed by atoms with Crippen molar-refractivity contribution in [1.29, 1.82) is 0 Å². The van der Waals surface area contributed by atoms with E-state index < -0.39 is 0 Å². The second kappa shape index (κ2) is 9.85. The fraction of sp³-hybridized carbons (Fsp3) is 0.435. The lowest BCUT2D eigenvalue weighted by Gasteiger charge is -2.19. The fourth-order valence-corrected chi connectivity index (χ4v) is 6.27. The average Bonchev–Trinajstić information content (AvgIpc) is 3.35. The number of methoxy groups -OCH3 is 1. The van der Waals surface area contributed by atoms with Gasteiger partial charge in [-0.05, 0) is 62.8 Å². The van der Waals surface area contributed by atoms with Crippen LogP contribution in [0.1, 0.15) is 43.7 Å². The topological polar surface area (TPSA) is 69.0 Å². The number of hydrogen-bond acceptors (Lipinski definition) is 6. The van der Waals surface area contributed by atoms with Gasteiger partial charge in [-0.15, -0.1) is 21.5 Å². The van der Waals surface area contributed by atoms with E-state index in [0.717, 1.165) is 29.7 Å². The van der Waals surface area contributed by atoms with E-state index in [4.69, 9.17) is 16.3 Å².